The van der Waals surface area contributed by atoms with Gasteiger partial charge in [0.1, 0.15) is 0 Å². The Morgan fingerprint density at radius 3 is 1.25 bits per heavy atom. The fourth-order valence-electron chi connectivity index (χ4n) is 0. The fourth-order valence-corrected chi connectivity index (χ4v) is 0. The van der Waals surface area contributed by atoms with Crippen LogP contribution in [0.5, 0.6) is 0 Å². The normalized spacial score (nSPS) is 0.750. The van der Waals surface area contributed by atoms with Crippen LogP contribution in [0.2, 0.25) is 0 Å². The predicted octanol–water partition coefficient (Wildman–Crippen LogP) is 0.262. The Morgan fingerprint density at radius 1 is 1.25 bits per heavy atom. The van der Waals surface area contributed by atoms with Gasteiger partial charge in [-0.15, -0.1) is 0 Å². The third-order valence-corrected chi connectivity index (χ3v) is 0. The Kier molecular flexibility index (Phi) is 74.2. The molecule has 0 aromatic carbocycles. The zero-order chi connectivity index (χ0) is 2.00. The van der Waals surface area contributed by atoms with E-state index in [2.05, 4.69) is 8.92 Å². The first-order valence-corrected chi connectivity index (χ1v) is 4.74. The van der Waals surface area contributed by atoms with Crippen molar-refractivity contribution < 1.29 is 39.4 Å². The third-order valence-electron chi connectivity index (χ3n) is 0. The quantitative estimate of drug-likeness (QED) is 0.578. The molecule has 0 atom stereocenters. The fraction of sp³-hybridized carbons (Fsp3) is 0. The Balaban J connectivity index is -0.00000000500. The number of rotatable bonds is 0. The standard InChI is InChI=1S/Ag.Cu.In.S. The van der Waals surface area contributed by atoms with E-state index < -0.39 is 0 Å². The number of hydrogen-bond acceptors (Lipinski definition) is 1. The van der Waals surface area contributed by atoms with Crippen LogP contribution in [-0.4, -0.2) is 22.4 Å². The predicted molar refractivity (Wildman–Crippen MR) is 13.3 cm³/mol. The molecule has 4 heteroatoms. The summed E-state index contributed by atoms with van der Waals surface area (Å²) in [4.78, 5) is 0. The summed E-state index contributed by atoms with van der Waals surface area (Å²) in [6.45, 7) is 0. The van der Waals surface area contributed by atoms with Gasteiger partial charge in [0.05, 0.1) is 0 Å². The molecule has 3 radical (unpaired) electrons. The molecule has 0 saturated heterocycles. The molecule has 0 aromatic rings. The van der Waals surface area contributed by atoms with Gasteiger partial charge in [0.2, 0.25) is 0 Å². The molecule has 0 N–H and O–H groups in total. The molecule has 0 fully saturated rings. The van der Waals surface area contributed by atoms with Crippen molar-refractivity contribution in [1.29, 1.82) is 0 Å². The summed E-state index contributed by atoms with van der Waals surface area (Å²) in [6.07, 6.45) is 0. The molecule has 4 heavy (non-hydrogen) atoms. The second kappa shape index (κ2) is 18.3. The van der Waals surface area contributed by atoms with Crippen molar-refractivity contribution in [2.45, 2.75) is 0 Å². The van der Waals surface area contributed by atoms with Gasteiger partial charge in [0.15, 0.2) is 0 Å². The minimum absolute atomic E-state index is 0. The summed E-state index contributed by atoms with van der Waals surface area (Å²) in [5, 5.41) is 0. The van der Waals surface area contributed by atoms with Gasteiger partial charge < -0.3 is 0 Å². The molecule has 0 amide bonds. The Morgan fingerprint density at radius 2 is 1.25 bits per heavy atom. The van der Waals surface area contributed by atoms with Crippen LogP contribution >= 0.6 is 8.92 Å². The van der Waals surface area contributed by atoms with Crippen molar-refractivity contribution >= 4 is 31.3 Å². The van der Waals surface area contributed by atoms with Gasteiger partial charge in [-0.3, -0.25) is 0 Å². The van der Waals surface area contributed by atoms with Gasteiger partial charge in [-0.2, -0.15) is 0 Å². The topological polar surface area (TPSA) is 0 Å². The number of hydrogen-bond donors (Lipinski definition) is 0. The van der Waals surface area contributed by atoms with Crippen LogP contribution in [0.15, 0.2) is 0 Å². The first kappa shape index (κ1) is 16.2. The Labute approximate surface area is 69.6 Å². The first-order chi connectivity index (χ1) is 1.00. The van der Waals surface area contributed by atoms with E-state index in [9.17, 15) is 0 Å². The second-order valence-corrected chi connectivity index (χ2v) is 0. The second-order valence-electron chi connectivity index (χ2n) is 0. The van der Waals surface area contributed by atoms with Crippen molar-refractivity contribution in [2.24, 2.45) is 0 Å². The van der Waals surface area contributed by atoms with Crippen molar-refractivity contribution in [3.8, 4) is 0 Å². The molecule has 0 unspecified atom stereocenters. The van der Waals surface area contributed by atoms with Crippen molar-refractivity contribution in [2.75, 3.05) is 0 Å². The molecule has 0 saturated carbocycles. The van der Waals surface area contributed by atoms with Gasteiger partial charge in [-0.05, 0) is 0 Å². The van der Waals surface area contributed by atoms with Crippen molar-refractivity contribution in [3.63, 3.8) is 0 Å². The van der Waals surface area contributed by atoms with Crippen LogP contribution in [-0.2, 0) is 39.4 Å². The molecule has 0 bridgehead atoms. The van der Waals surface area contributed by atoms with E-state index in [4.69, 9.17) is 0 Å². The Hall–Kier alpha value is 2.35. The minimum atomic E-state index is 0. The van der Waals surface area contributed by atoms with Crippen LogP contribution in [0.3, 0.4) is 0 Å². The molecule has 0 spiro atoms. The molecule has 0 aliphatic heterocycles. The van der Waals surface area contributed by atoms with Gasteiger partial charge in [0.25, 0.3) is 0 Å². The van der Waals surface area contributed by atoms with Crippen LogP contribution < -0.4 is 0 Å². The average Bonchev–Trinajstić information content (AvgIpc) is 1.00. The first-order valence-electron chi connectivity index (χ1n) is 0.236. The molecular formula is AgCuInS. The van der Waals surface area contributed by atoms with E-state index in [0.29, 0.717) is 0 Å². The van der Waals surface area contributed by atoms with E-state index in [1.54, 1.807) is 0 Å². The van der Waals surface area contributed by atoms with E-state index in [1.165, 1.54) is 0 Å². The van der Waals surface area contributed by atoms with Crippen molar-refractivity contribution in [1.82, 2.24) is 0 Å². The summed E-state index contributed by atoms with van der Waals surface area (Å²) in [6, 6.07) is 0. The Bertz CT molecular complexity index is 8.00. The van der Waals surface area contributed by atoms with E-state index >= 15 is 0 Å². The van der Waals surface area contributed by atoms with Crippen molar-refractivity contribution in [3.05, 3.63) is 0 Å². The molecule has 0 aliphatic rings. The van der Waals surface area contributed by atoms with Crippen LogP contribution in [0.1, 0.15) is 0 Å². The molecule has 0 aromatic heterocycles. The zero-order valence-electron chi connectivity index (χ0n) is 1.59. The molecule has 0 heterocycles. The monoisotopic (exact) mass is 317 g/mol. The molecule has 0 aliphatic carbocycles. The maximum absolute atomic E-state index is 4.21. The molecule has 0 rings (SSSR count). The van der Waals surface area contributed by atoms with Crippen LogP contribution in [0.4, 0.5) is 0 Å². The van der Waals surface area contributed by atoms with Crippen LogP contribution in [0.25, 0.3) is 0 Å². The van der Waals surface area contributed by atoms with Gasteiger partial charge in [0, 0.05) is 39.4 Å². The summed E-state index contributed by atoms with van der Waals surface area (Å²) in [7, 11) is 4.21. The third kappa shape index (κ3) is 8.84. The summed E-state index contributed by atoms with van der Waals surface area (Å²) in [5.41, 5.74) is 0. The SMILES string of the molecule is [Ag].[Cu].[S]=[In]. The van der Waals surface area contributed by atoms with Crippen LogP contribution in [0, 0.1) is 0 Å². The summed E-state index contributed by atoms with van der Waals surface area (Å²) < 4.78 is 0. The van der Waals surface area contributed by atoms with E-state index in [-0.39, 0.29) is 39.4 Å². The summed E-state index contributed by atoms with van der Waals surface area (Å²) in [5.74, 6) is 0. The van der Waals surface area contributed by atoms with Gasteiger partial charge in [-0.25, -0.2) is 0 Å². The average molecular weight is 318 g/mol. The molecule has 0 nitrogen and oxygen atoms in total. The van der Waals surface area contributed by atoms with Gasteiger partial charge in [-0.1, -0.05) is 0 Å². The zero-order valence-corrected chi connectivity index (χ0v) is 8.12. The van der Waals surface area contributed by atoms with E-state index in [1.807, 2.05) is 0 Å². The van der Waals surface area contributed by atoms with E-state index in [0.717, 1.165) is 22.4 Å². The summed E-state index contributed by atoms with van der Waals surface area (Å²) >= 11 is 0.933. The molecule has 31 valence electrons. The maximum atomic E-state index is 4.21. The molecular weight excluding hydrogens is 318 g/mol. The van der Waals surface area contributed by atoms with Gasteiger partial charge >= 0.3 is 31.3 Å².